The van der Waals surface area contributed by atoms with E-state index in [4.69, 9.17) is 13.9 Å². The normalized spacial score (nSPS) is 12.3. The van der Waals surface area contributed by atoms with Gasteiger partial charge in [-0.2, -0.15) is 0 Å². The summed E-state index contributed by atoms with van der Waals surface area (Å²) in [4.78, 5) is 12.1. The van der Waals surface area contributed by atoms with Gasteiger partial charge in [0, 0.05) is 30.2 Å². The zero-order chi connectivity index (χ0) is 17.8. The molecule has 0 bridgehead atoms. The predicted molar refractivity (Wildman–Crippen MR) is 99.2 cm³/mol. The van der Waals surface area contributed by atoms with Gasteiger partial charge in [0.25, 0.3) is 0 Å². The third-order valence-electron chi connectivity index (χ3n) is 4.26. The van der Waals surface area contributed by atoms with Crippen LogP contribution in [0.3, 0.4) is 0 Å². The Bertz CT molecular complexity index is 927. The average Bonchev–Trinajstić information content (AvgIpc) is 2.61. The predicted octanol–water partition coefficient (Wildman–Crippen LogP) is 4.57. The Labute approximate surface area is 147 Å². The molecule has 0 aliphatic rings. The van der Waals surface area contributed by atoms with Crippen molar-refractivity contribution in [2.45, 2.75) is 26.4 Å². The number of fused-ring (bicyclic) bond motifs is 1. The molecule has 4 heteroatoms. The molecule has 0 saturated heterocycles. The van der Waals surface area contributed by atoms with E-state index in [0.717, 1.165) is 28.5 Å². The molecule has 1 atom stereocenters. The largest absolute Gasteiger partial charge is 0.488 e. The maximum absolute atomic E-state index is 12.1. The van der Waals surface area contributed by atoms with Gasteiger partial charge in [0.1, 0.15) is 17.4 Å². The van der Waals surface area contributed by atoms with E-state index in [1.165, 1.54) is 0 Å². The van der Waals surface area contributed by atoms with Gasteiger partial charge in [0.05, 0.1) is 6.61 Å². The molecule has 0 spiro atoms. The van der Waals surface area contributed by atoms with E-state index in [2.05, 4.69) is 0 Å². The molecule has 0 saturated carbocycles. The highest BCUT2D eigenvalue weighted by atomic mass is 16.5. The van der Waals surface area contributed by atoms with Gasteiger partial charge in [-0.05, 0) is 36.6 Å². The standard InChI is InChI=1S/C21H22O4/c1-4-15(13-23-3)24-16-9-10-18-19(12-21(22)25-20(18)11-16)17-8-6-5-7-14(17)2/h5-12,15H,4,13H2,1-3H3/t15-/m1/s1. The van der Waals surface area contributed by atoms with Crippen molar-refractivity contribution in [3.63, 3.8) is 0 Å². The Morgan fingerprint density at radius 2 is 1.88 bits per heavy atom. The maximum Gasteiger partial charge on any atom is 0.336 e. The first-order valence-electron chi connectivity index (χ1n) is 8.42. The quantitative estimate of drug-likeness (QED) is 0.618. The summed E-state index contributed by atoms with van der Waals surface area (Å²) in [6.07, 6.45) is 0.799. The summed E-state index contributed by atoms with van der Waals surface area (Å²) in [5, 5.41) is 0.890. The van der Waals surface area contributed by atoms with Gasteiger partial charge < -0.3 is 13.9 Å². The number of methoxy groups -OCH3 is 1. The van der Waals surface area contributed by atoms with E-state index in [-0.39, 0.29) is 11.7 Å². The molecule has 1 heterocycles. The second kappa shape index (κ2) is 7.53. The lowest BCUT2D eigenvalue weighted by atomic mass is 9.98. The number of benzene rings is 2. The topological polar surface area (TPSA) is 48.7 Å². The summed E-state index contributed by atoms with van der Waals surface area (Å²) in [6.45, 7) is 4.59. The highest BCUT2D eigenvalue weighted by Gasteiger charge is 2.13. The third-order valence-corrected chi connectivity index (χ3v) is 4.26. The van der Waals surface area contributed by atoms with Crippen molar-refractivity contribution in [1.82, 2.24) is 0 Å². The highest BCUT2D eigenvalue weighted by molar-refractivity contribution is 5.94. The molecule has 25 heavy (non-hydrogen) atoms. The first-order valence-corrected chi connectivity index (χ1v) is 8.42. The van der Waals surface area contributed by atoms with Gasteiger partial charge in [0.15, 0.2) is 0 Å². The van der Waals surface area contributed by atoms with Crippen LogP contribution in [0, 0.1) is 6.92 Å². The van der Waals surface area contributed by atoms with Crippen LogP contribution in [0.15, 0.2) is 57.7 Å². The lowest BCUT2D eigenvalue weighted by molar-refractivity contribution is 0.0788. The van der Waals surface area contributed by atoms with Gasteiger partial charge in [-0.3, -0.25) is 0 Å². The van der Waals surface area contributed by atoms with Gasteiger partial charge in [-0.1, -0.05) is 31.2 Å². The van der Waals surface area contributed by atoms with Crippen LogP contribution >= 0.6 is 0 Å². The number of rotatable bonds is 6. The van der Waals surface area contributed by atoms with Crippen LogP contribution in [-0.4, -0.2) is 19.8 Å². The van der Waals surface area contributed by atoms with Crippen LogP contribution in [0.1, 0.15) is 18.9 Å². The second-order valence-electron chi connectivity index (χ2n) is 6.06. The Kier molecular flexibility index (Phi) is 5.19. The van der Waals surface area contributed by atoms with Gasteiger partial charge in [-0.25, -0.2) is 4.79 Å². The van der Waals surface area contributed by atoms with Gasteiger partial charge in [-0.15, -0.1) is 0 Å². The van der Waals surface area contributed by atoms with Crippen LogP contribution in [0.4, 0.5) is 0 Å². The average molecular weight is 338 g/mol. The maximum atomic E-state index is 12.1. The minimum atomic E-state index is -0.369. The zero-order valence-electron chi connectivity index (χ0n) is 14.7. The molecule has 0 aliphatic heterocycles. The summed E-state index contributed by atoms with van der Waals surface area (Å²) >= 11 is 0. The minimum absolute atomic E-state index is 0.0336. The van der Waals surface area contributed by atoms with Gasteiger partial charge >= 0.3 is 5.63 Å². The van der Waals surface area contributed by atoms with Crippen LogP contribution in [0.25, 0.3) is 22.1 Å². The zero-order valence-corrected chi connectivity index (χ0v) is 14.7. The first kappa shape index (κ1) is 17.2. The van der Waals surface area contributed by atoms with E-state index in [1.807, 2.05) is 50.2 Å². The molecular weight excluding hydrogens is 316 g/mol. The summed E-state index contributed by atoms with van der Waals surface area (Å²) in [5.41, 5.74) is 3.17. The molecule has 0 aliphatic carbocycles. The molecule has 1 aromatic heterocycles. The summed E-state index contributed by atoms with van der Waals surface area (Å²) < 4.78 is 16.5. The third kappa shape index (κ3) is 3.74. The fourth-order valence-electron chi connectivity index (χ4n) is 2.93. The minimum Gasteiger partial charge on any atom is -0.488 e. The van der Waals surface area contributed by atoms with E-state index in [9.17, 15) is 4.79 Å². The number of ether oxygens (including phenoxy) is 2. The number of hydrogen-bond acceptors (Lipinski definition) is 4. The molecular formula is C21H22O4. The lowest BCUT2D eigenvalue weighted by Gasteiger charge is -2.17. The molecule has 3 rings (SSSR count). The van der Waals surface area contributed by atoms with Crippen molar-refractivity contribution in [2.24, 2.45) is 0 Å². The lowest BCUT2D eigenvalue weighted by Crippen LogP contribution is -2.21. The van der Waals surface area contributed by atoms with Crippen LogP contribution in [-0.2, 0) is 4.74 Å². The van der Waals surface area contributed by atoms with Crippen LogP contribution in [0.2, 0.25) is 0 Å². The number of aryl methyl sites for hydroxylation is 1. The molecule has 0 radical (unpaired) electrons. The smallest absolute Gasteiger partial charge is 0.336 e. The molecule has 2 aromatic carbocycles. The van der Waals surface area contributed by atoms with E-state index >= 15 is 0 Å². The van der Waals surface area contributed by atoms with Crippen molar-refractivity contribution in [3.05, 3.63) is 64.5 Å². The fraction of sp³-hybridized carbons (Fsp3) is 0.286. The summed E-state index contributed by atoms with van der Waals surface area (Å²) in [6, 6.07) is 15.2. The monoisotopic (exact) mass is 338 g/mol. The molecule has 3 aromatic rings. The van der Waals surface area contributed by atoms with Gasteiger partial charge in [0.2, 0.25) is 0 Å². The molecule has 0 unspecified atom stereocenters. The van der Waals surface area contributed by atoms with Crippen LogP contribution in [0.5, 0.6) is 5.75 Å². The molecule has 4 nitrogen and oxygen atoms in total. The van der Waals surface area contributed by atoms with Crippen molar-refractivity contribution in [3.8, 4) is 16.9 Å². The first-order chi connectivity index (χ1) is 12.1. The summed E-state index contributed by atoms with van der Waals surface area (Å²) in [7, 11) is 1.65. The van der Waals surface area contributed by atoms with Crippen molar-refractivity contribution >= 4 is 11.0 Å². The van der Waals surface area contributed by atoms with Crippen LogP contribution < -0.4 is 10.4 Å². The van der Waals surface area contributed by atoms with E-state index < -0.39 is 0 Å². The Balaban J connectivity index is 2.07. The van der Waals surface area contributed by atoms with Crippen molar-refractivity contribution in [1.29, 1.82) is 0 Å². The Morgan fingerprint density at radius 1 is 1.08 bits per heavy atom. The molecule has 0 N–H and O–H groups in total. The molecule has 0 amide bonds. The van der Waals surface area contributed by atoms with E-state index in [1.54, 1.807) is 19.2 Å². The van der Waals surface area contributed by atoms with Crippen molar-refractivity contribution in [2.75, 3.05) is 13.7 Å². The second-order valence-corrected chi connectivity index (χ2v) is 6.06. The Hall–Kier alpha value is -2.59. The summed E-state index contributed by atoms with van der Waals surface area (Å²) in [5.74, 6) is 0.668. The number of hydrogen-bond donors (Lipinski definition) is 0. The van der Waals surface area contributed by atoms with Crippen molar-refractivity contribution < 1.29 is 13.9 Å². The SMILES string of the molecule is CC[C@H](COC)Oc1ccc2c(-c3ccccc3C)cc(=O)oc2c1. The fourth-order valence-corrected chi connectivity index (χ4v) is 2.93. The van der Waals surface area contributed by atoms with E-state index in [0.29, 0.717) is 17.9 Å². The molecule has 0 fully saturated rings. The molecule has 130 valence electrons. The highest BCUT2D eigenvalue weighted by Crippen LogP contribution is 2.31. The Morgan fingerprint density at radius 3 is 2.60 bits per heavy atom.